The van der Waals surface area contributed by atoms with Crippen molar-refractivity contribution >= 4 is 23.0 Å². The number of rotatable bonds is 1. The van der Waals surface area contributed by atoms with Crippen molar-refractivity contribution in [1.29, 1.82) is 0 Å². The molecule has 0 fully saturated rings. The lowest BCUT2D eigenvalue weighted by Crippen LogP contribution is -1.96. The summed E-state index contributed by atoms with van der Waals surface area (Å²) in [5.41, 5.74) is 14.2. The molecule has 0 unspecified atom stereocenters. The standard InChI is InChI=1S/C11H10ClN3/c12-8-3-1-7(2-4-8)11-10(14)5-9(13)6-15-11/h1-6H,13-14H2. The Morgan fingerprint density at radius 1 is 1.07 bits per heavy atom. The van der Waals surface area contributed by atoms with Gasteiger partial charge in [0.25, 0.3) is 0 Å². The lowest BCUT2D eigenvalue weighted by Gasteiger charge is -2.05. The second kappa shape index (κ2) is 3.79. The first-order chi connectivity index (χ1) is 7.16. The van der Waals surface area contributed by atoms with E-state index in [1.807, 2.05) is 12.1 Å². The van der Waals surface area contributed by atoms with E-state index in [4.69, 9.17) is 23.1 Å². The van der Waals surface area contributed by atoms with Crippen LogP contribution in [-0.4, -0.2) is 4.98 Å². The van der Waals surface area contributed by atoms with Crippen LogP contribution in [0.5, 0.6) is 0 Å². The minimum Gasteiger partial charge on any atom is -0.397 e. The monoisotopic (exact) mass is 219 g/mol. The molecule has 0 saturated carbocycles. The van der Waals surface area contributed by atoms with Crippen molar-refractivity contribution in [1.82, 2.24) is 4.98 Å². The van der Waals surface area contributed by atoms with Crippen molar-refractivity contribution in [3.05, 3.63) is 41.6 Å². The van der Waals surface area contributed by atoms with Crippen LogP contribution in [0.1, 0.15) is 0 Å². The molecule has 1 aromatic carbocycles. The van der Waals surface area contributed by atoms with E-state index in [1.54, 1.807) is 24.4 Å². The zero-order chi connectivity index (χ0) is 10.8. The highest BCUT2D eigenvalue weighted by Crippen LogP contribution is 2.25. The molecule has 0 aliphatic carbocycles. The van der Waals surface area contributed by atoms with E-state index in [0.717, 1.165) is 11.3 Å². The summed E-state index contributed by atoms with van der Waals surface area (Å²) in [5.74, 6) is 0. The van der Waals surface area contributed by atoms with Gasteiger partial charge >= 0.3 is 0 Å². The molecule has 0 spiro atoms. The van der Waals surface area contributed by atoms with Crippen LogP contribution >= 0.6 is 11.6 Å². The van der Waals surface area contributed by atoms with Gasteiger partial charge < -0.3 is 11.5 Å². The molecule has 4 heteroatoms. The lowest BCUT2D eigenvalue weighted by molar-refractivity contribution is 1.33. The zero-order valence-electron chi connectivity index (χ0n) is 7.94. The van der Waals surface area contributed by atoms with Gasteiger partial charge in [0, 0.05) is 10.6 Å². The van der Waals surface area contributed by atoms with Crippen LogP contribution in [0.2, 0.25) is 5.02 Å². The first-order valence-corrected chi connectivity index (χ1v) is 4.81. The highest BCUT2D eigenvalue weighted by Gasteiger charge is 2.04. The summed E-state index contributed by atoms with van der Waals surface area (Å²) in [7, 11) is 0. The van der Waals surface area contributed by atoms with Gasteiger partial charge in [0.05, 0.1) is 23.3 Å². The first kappa shape index (κ1) is 9.80. The predicted octanol–water partition coefficient (Wildman–Crippen LogP) is 2.57. The van der Waals surface area contributed by atoms with E-state index in [0.29, 0.717) is 16.4 Å². The number of aromatic nitrogens is 1. The van der Waals surface area contributed by atoms with Gasteiger partial charge in [-0.3, -0.25) is 4.98 Å². The fourth-order valence-corrected chi connectivity index (χ4v) is 1.47. The summed E-state index contributed by atoms with van der Waals surface area (Å²) in [4.78, 5) is 4.18. The normalized spacial score (nSPS) is 10.2. The van der Waals surface area contributed by atoms with Crippen molar-refractivity contribution in [2.75, 3.05) is 11.5 Å². The Morgan fingerprint density at radius 3 is 2.33 bits per heavy atom. The Kier molecular flexibility index (Phi) is 2.47. The molecule has 4 N–H and O–H groups in total. The van der Waals surface area contributed by atoms with E-state index in [1.165, 1.54) is 0 Å². The summed E-state index contributed by atoms with van der Waals surface area (Å²) >= 11 is 5.79. The maximum atomic E-state index is 5.82. The van der Waals surface area contributed by atoms with E-state index in [2.05, 4.69) is 4.98 Å². The topological polar surface area (TPSA) is 64.9 Å². The quantitative estimate of drug-likeness (QED) is 0.775. The van der Waals surface area contributed by atoms with Gasteiger partial charge in [-0.15, -0.1) is 0 Å². The highest BCUT2D eigenvalue weighted by atomic mass is 35.5. The molecule has 0 aliphatic heterocycles. The number of hydrogen-bond acceptors (Lipinski definition) is 3. The number of nitrogen functional groups attached to an aromatic ring is 2. The number of hydrogen-bond donors (Lipinski definition) is 2. The molecule has 3 nitrogen and oxygen atoms in total. The molecule has 0 aliphatic rings. The van der Waals surface area contributed by atoms with Crippen molar-refractivity contribution in [2.24, 2.45) is 0 Å². The van der Waals surface area contributed by atoms with Gasteiger partial charge in [-0.05, 0) is 18.2 Å². The van der Waals surface area contributed by atoms with Crippen molar-refractivity contribution in [3.8, 4) is 11.3 Å². The summed E-state index contributed by atoms with van der Waals surface area (Å²) in [6.45, 7) is 0. The number of nitrogens with zero attached hydrogens (tertiary/aromatic N) is 1. The van der Waals surface area contributed by atoms with Crippen molar-refractivity contribution < 1.29 is 0 Å². The van der Waals surface area contributed by atoms with Crippen LogP contribution in [0.15, 0.2) is 36.5 Å². The Balaban J connectivity index is 2.49. The van der Waals surface area contributed by atoms with Crippen molar-refractivity contribution in [2.45, 2.75) is 0 Å². The Bertz CT molecular complexity index is 480. The van der Waals surface area contributed by atoms with Crippen LogP contribution in [0.25, 0.3) is 11.3 Å². The molecule has 2 aromatic rings. The van der Waals surface area contributed by atoms with Gasteiger partial charge in [0.15, 0.2) is 0 Å². The second-order valence-electron chi connectivity index (χ2n) is 3.21. The first-order valence-electron chi connectivity index (χ1n) is 4.44. The Hall–Kier alpha value is -1.74. The predicted molar refractivity (Wildman–Crippen MR) is 63.5 cm³/mol. The number of anilines is 2. The van der Waals surface area contributed by atoms with Crippen LogP contribution in [0, 0.1) is 0 Å². The molecule has 0 amide bonds. The fourth-order valence-electron chi connectivity index (χ4n) is 1.35. The number of benzene rings is 1. The van der Waals surface area contributed by atoms with Gasteiger partial charge in [0.2, 0.25) is 0 Å². The SMILES string of the molecule is Nc1cnc(-c2ccc(Cl)cc2)c(N)c1. The smallest absolute Gasteiger partial charge is 0.0932 e. The average Bonchev–Trinajstić information content (AvgIpc) is 2.20. The third-order valence-corrected chi connectivity index (χ3v) is 2.31. The molecule has 1 aromatic heterocycles. The van der Waals surface area contributed by atoms with Crippen LogP contribution in [0.3, 0.4) is 0 Å². The summed E-state index contributed by atoms with van der Waals surface area (Å²) in [6.07, 6.45) is 1.58. The van der Waals surface area contributed by atoms with E-state index in [-0.39, 0.29) is 0 Å². The molecular weight excluding hydrogens is 210 g/mol. The molecule has 0 radical (unpaired) electrons. The average molecular weight is 220 g/mol. The number of nitrogens with two attached hydrogens (primary N) is 2. The Morgan fingerprint density at radius 2 is 1.73 bits per heavy atom. The van der Waals surface area contributed by atoms with E-state index >= 15 is 0 Å². The lowest BCUT2D eigenvalue weighted by atomic mass is 10.1. The summed E-state index contributed by atoms with van der Waals surface area (Å²) in [6, 6.07) is 9.04. The largest absolute Gasteiger partial charge is 0.397 e. The molecule has 2 rings (SSSR count). The third kappa shape index (κ3) is 2.02. The van der Waals surface area contributed by atoms with Gasteiger partial charge in [-0.2, -0.15) is 0 Å². The van der Waals surface area contributed by atoms with Crippen LogP contribution < -0.4 is 11.5 Å². The molecule has 1 heterocycles. The fraction of sp³-hybridized carbons (Fsp3) is 0. The van der Waals surface area contributed by atoms with E-state index in [9.17, 15) is 0 Å². The van der Waals surface area contributed by atoms with Crippen LogP contribution in [-0.2, 0) is 0 Å². The van der Waals surface area contributed by atoms with Gasteiger partial charge in [0.1, 0.15) is 0 Å². The maximum Gasteiger partial charge on any atom is 0.0932 e. The summed E-state index contributed by atoms with van der Waals surface area (Å²) < 4.78 is 0. The number of halogens is 1. The maximum absolute atomic E-state index is 5.82. The molecule has 0 atom stereocenters. The molecule has 0 saturated heterocycles. The van der Waals surface area contributed by atoms with Crippen LogP contribution in [0.4, 0.5) is 11.4 Å². The third-order valence-electron chi connectivity index (χ3n) is 2.06. The second-order valence-corrected chi connectivity index (χ2v) is 3.65. The van der Waals surface area contributed by atoms with Gasteiger partial charge in [-0.1, -0.05) is 23.7 Å². The highest BCUT2D eigenvalue weighted by molar-refractivity contribution is 6.30. The zero-order valence-corrected chi connectivity index (χ0v) is 8.70. The molecule has 15 heavy (non-hydrogen) atoms. The minimum atomic E-state index is 0.560. The summed E-state index contributed by atoms with van der Waals surface area (Å²) in [5, 5.41) is 0.688. The van der Waals surface area contributed by atoms with Gasteiger partial charge in [-0.25, -0.2) is 0 Å². The van der Waals surface area contributed by atoms with E-state index < -0.39 is 0 Å². The molecule has 76 valence electrons. The molecule has 0 bridgehead atoms. The number of pyridine rings is 1. The van der Waals surface area contributed by atoms with Crippen molar-refractivity contribution in [3.63, 3.8) is 0 Å². The Labute approximate surface area is 92.7 Å². The molecular formula is C11H10ClN3. The minimum absolute atomic E-state index is 0.560.